The molecule has 1 fully saturated rings. The lowest BCUT2D eigenvalue weighted by Crippen LogP contribution is -2.47. The second kappa shape index (κ2) is 7.66. The van der Waals surface area contributed by atoms with Gasteiger partial charge in [0, 0.05) is 25.7 Å². The fourth-order valence-electron chi connectivity index (χ4n) is 2.94. The number of likely N-dealkylation sites (tertiary alicyclic amines) is 1. The minimum Gasteiger partial charge on any atom is -0.481 e. The normalized spacial score (nSPS) is 21.9. The van der Waals surface area contributed by atoms with Gasteiger partial charge in [-0.2, -0.15) is 0 Å². The van der Waals surface area contributed by atoms with Crippen molar-refractivity contribution in [1.82, 2.24) is 9.80 Å². The van der Waals surface area contributed by atoms with Gasteiger partial charge in [-0.3, -0.25) is 4.79 Å². The van der Waals surface area contributed by atoms with Crippen LogP contribution in [-0.4, -0.2) is 52.6 Å². The molecule has 21 heavy (non-hydrogen) atoms. The lowest BCUT2D eigenvalue weighted by molar-refractivity contribution is -0.148. The van der Waals surface area contributed by atoms with E-state index in [9.17, 15) is 14.7 Å². The molecule has 0 aromatic heterocycles. The van der Waals surface area contributed by atoms with E-state index in [0.717, 1.165) is 25.8 Å². The molecule has 1 N–H and O–H groups in total. The predicted octanol–water partition coefficient (Wildman–Crippen LogP) is 3.19. The largest absolute Gasteiger partial charge is 0.481 e. The highest BCUT2D eigenvalue weighted by Gasteiger charge is 2.45. The summed E-state index contributed by atoms with van der Waals surface area (Å²) in [7, 11) is 0. The third-order valence-electron chi connectivity index (χ3n) is 4.63. The van der Waals surface area contributed by atoms with Gasteiger partial charge in [0.15, 0.2) is 0 Å². The zero-order chi connectivity index (χ0) is 16.0. The van der Waals surface area contributed by atoms with E-state index in [1.165, 1.54) is 0 Å². The molecule has 2 amide bonds. The van der Waals surface area contributed by atoms with E-state index in [4.69, 9.17) is 0 Å². The summed E-state index contributed by atoms with van der Waals surface area (Å²) in [5.41, 5.74) is -0.748. The maximum atomic E-state index is 12.7. The third-order valence-corrected chi connectivity index (χ3v) is 4.63. The number of amides is 2. The first-order valence-corrected chi connectivity index (χ1v) is 8.17. The number of nitrogens with zero attached hydrogens (tertiary/aromatic N) is 2. The van der Waals surface area contributed by atoms with Gasteiger partial charge in [-0.1, -0.05) is 26.7 Å². The summed E-state index contributed by atoms with van der Waals surface area (Å²) in [5.74, 6) is -0.776. The van der Waals surface area contributed by atoms with Crippen LogP contribution in [0.1, 0.15) is 59.8 Å². The molecule has 5 nitrogen and oxygen atoms in total. The number of urea groups is 1. The Balaban J connectivity index is 2.70. The number of rotatable bonds is 7. The third kappa shape index (κ3) is 4.11. The van der Waals surface area contributed by atoms with Gasteiger partial charge in [0.1, 0.15) is 0 Å². The summed E-state index contributed by atoms with van der Waals surface area (Å²) in [4.78, 5) is 27.8. The van der Waals surface area contributed by atoms with Crippen molar-refractivity contribution < 1.29 is 14.7 Å². The Morgan fingerprint density at radius 2 is 1.95 bits per heavy atom. The number of carbonyl (C=O) groups is 2. The molecule has 0 radical (unpaired) electrons. The number of hydrogen-bond donors (Lipinski definition) is 1. The molecule has 0 aromatic carbocycles. The van der Waals surface area contributed by atoms with Crippen LogP contribution in [0.15, 0.2) is 0 Å². The summed E-state index contributed by atoms with van der Waals surface area (Å²) in [6, 6.07) is 0.147. The summed E-state index contributed by atoms with van der Waals surface area (Å²) in [6.07, 6.45) is 4.38. The van der Waals surface area contributed by atoms with Gasteiger partial charge in [-0.25, -0.2) is 4.79 Å². The van der Waals surface area contributed by atoms with Gasteiger partial charge in [0.05, 0.1) is 5.41 Å². The maximum absolute atomic E-state index is 12.7. The first-order chi connectivity index (χ1) is 9.88. The Hall–Kier alpha value is -1.26. The molecule has 0 spiro atoms. The van der Waals surface area contributed by atoms with Crippen molar-refractivity contribution >= 4 is 12.0 Å². The molecular formula is C16H30N2O3. The molecule has 1 rings (SSSR count). The minimum atomic E-state index is -0.776. The first-order valence-electron chi connectivity index (χ1n) is 8.17. The number of unbranched alkanes of at least 4 members (excludes halogenated alkanes) is 2. The Labute approximate surface area is 128 Å². The van der Waals surface area contributed by atoms with Gasteiger partial charge < -0.3 is 14.9 Å². The summed E-state index contributed by atoms with van der Waals surface area (Å²) < 4.78 is 0. The fourth-order valence-corrected chi connectivity index (χ4v) is 2.94. The zero-order valence-electron chi connectivity index (χ0n) is 13.9. The summed E-state index contributed by atoms with van der Waals surface area (Å²) >= 11 is 0. The predicted molar refractivity (Wildman–Crippen MR) is 83.3 cm³/mol. The Morgan fingerprint density at radius 3 is 2.38 bits per heavy atom. The molecule has 1 unspecified atom stereocenters. The lowest BCUT2D eigenvalue weighted by atomic mass is 9.84. The van der Waals surface area contributed by atoms with E-state index in [-0.39, 0.29) is 12.1 Å². The van der Waals surface area contributed by atoms with Crippen LogP contribution in [0.5, 0.6) is 0 Å². The van der Waals surface area contributed by atoms with Crippen molar-refractivity contribution in [1.29, 1.82) is 0 Å². The monoisotopic (exact) mass is 298 g/mol. The topological polar surface area (TPSA) is 60.9 Å². The van der Waals surface area contributed by atoms with Crippen LogP contribution in [0.2, 0.25) is 0 Å². The Kier molecular flexibility index (Phi) is 6.49. The van der Waals surface area contributed by atoms with Crippen LogP contribution >= 0.6 is 0 Å². The molecule has 1 saturated heterocycles. The molecule has 1 heterocycles. The second-order valence-electron chi connectivity index (χ2n) is 6.39. The van der Waals surface area contributed by atoms with Gasteiger partial charge in [0.25, 0.3) is 0 Å². The Bertz CT molecular complexity index is 371. The summed E-state index contributed by atoms with van der Waals surface area (Å²) in [6.45, 7) is 9.72. The van der Waals surface area contributed by atoms with Crippen LogP contribution in [0.25, 0.3) is 0 Å². The SMILES string of the molecule is CCCCCN(C(=O)N1CCC(CC)(C(=O)O)C1)C(C)C. The van der Waals surface area contributed by atoms with Crippen LogP contribution in [-0.2, 0) is 4.79 Å². The molecule has 0 bridgehead atoms. The van der Waals surface area contributed by atoms with E-state index in [1.807, 2.05) is 25.7 Å². The molecule has 1 aliphatic heterocycles. The average Bonchev–Trinajstić information content (AvgIpc) is 2.88. The van der Waals surface area contributed by atoms with E-state index in [1.54, 1.807) is 4.90 Å². The van der Waals surface area contributed by atoms with Crippen molar-refractivity contribution in [3.63, 3.8) is 0 Å². The van der Waals surface area contributed by atoms with Crippen molar-refractivity contribution in [2.24, 2.45) is 5.41 Å². The number of carbonyl (C=O) groups excluding carboxylic acids is 1. The summed E-state index contributed by atoms with van der Waals surface area (Å²) in [5, 5.41) is 9.43. The van der Waals surface area contributed by atoms with Crippen LogP contribution in [0, 0.1) is 5.41 Å². The first kappa shape index (κ1) is 17.8. The molecule has 1 aliphatic rings. The average molecular weight is 298 g/mol. The van der Waals surface area contributed by atoms with Gasteiger partial charge >= 0.3 is 12.0 Å². The zero-order valence-corrected chi connectivity index (χ0v) is 13.9. The minimum absolute atomic E-state index is 0.00215. The highest BCUT2D eigenvalue weighted by molar-refractivity contribution is 5.80. The van der Waals surface area contributed by atoms with Crippen LogP contribution in [0.4, 0.5) is 4.79 Å². The standard InChI is InChI=1S/C16H30N2O3/c1-5-7-8-10-18(13(3)4)15(21)17-11-9-16(6-2,12-17)14(19)20/h13H,5-12H2,1-4H3,(H,19,20). The number of carboxylic acid groups (broad SMARTS) is 1. The second-order valence-corrected chi connectivity index (χ2v) is 6.39. The van der Waals surface area contributed by atoms with Crippen molar-refractivity contribution in [2.45, 2.75) is 65.8 Å². The number of carboxylic acids is 1. The molecule has 0 aliphatic carbocycles. The molecule has 0 aromatic rings. The smallest absolute Gasteiger partial charge is 0.320 e. The fraction of sp³-hybridized carbons (Fsp3) is 0.875. The molecule has 1 atom stereocenters. The number of aliphatic carboxylic acids is 1. The van der Waals surface area contributed by atoms with Gasteiger partial charge in [0.2, 0.25) is 0 Å². The van der Waals surface area contributed by atoms with Gasteiger partial charge in [-0.05, 0) is 33.1 Å². The highest BCUT2D eigenvalue weighted by atomic mass is 16.4. The van der Waals surface area contributed by atoms with E-state index >= 15 is 0 Å². The molecule has 122 valence electrons. The van der Waals surface area contributed by atoms with E-state index < -0.39 is 11.4 Å². The van der Waals surface area contributed by atoms with Crippen molar-refractivity contribution in [3.05, 3.63) is 0 Å². The quantitative estimate of drug-likeness (QED) is 0.734. The molecule has 5 heteroatoms. The van der Waals surface area contributed by atoms with Crippen molar-refractivity contribution in [2.75, 3.05) is 19.6 Å². The van der Waals surface area contributed by atoms with Crippen LogP contribution in [0.3, 0.4) is 0 Å². The molecule has 0 saturated carbocycles. The highest BCUT2D eigenvalue weighted by Crippen LogP contribution is 2.34. The Morgan fingerprint density at radius 1 is 1.29 bits per heavy atom. The van der Waals surface area contributed by atoms with E-state index in [0.29, 0.717) is 25.9 Å². The van der Waals surface area contributed by atoms with Crippen molar-refractivity contribution in [3.8, 4) is 0 Å². The molecular weight excluding hydrogens is 268 g/mol. The maximum Gasteiger partial charge on any atom is 0.320 e. The number of hydrogen-bond acceptors (Lipinski definition) is 2. The van der Waals surface area contributed by atoms with Gasteiger partial charge in [-0.15, -0.1) is 0 Å². The van der Waals surface area contributed by atoms with Crippen LogP contribution < -0.4 is 0 Å². The van der Waals surface area contributed by atoms with E-state index in [2.05, 4.69) is 6.92 Å². The lowest BCUT2D eigenvalue weighted by Gasteiger charge is -2.32.